The molecule has 0 bridgehead atoms. The van der Waals surface area contributed by atoms with Crippen molar-refractivity contribution in [2.24, 2.45) is 0 Å². The maximum atomic E-state index is 5.96. The summed E-state index contributed by atoms with van der Waals surface area (Å²) in [6.07, 6.45) is 4.87. The van der Waals surface area contributed by atoms with E-state index in [-0.39, 0.29) is 0 Å². The van der Waals surface area contributed by atoms with Gasteiger partial charge in [-0.25, -0.2) is 9.97 Å². The number of anilines is 1. The molecule has 0 fully saturated rings. The summed E-state index contributed by atoms with van der Waals surface area (Å²) in [4.78, 5) is 10.1. The molecule has 0 aromatic carbocycles. The molecule has 2 aromatic heterocycles. The lowest BCUT2D eigenvalue weighted by molar-refractivity contribution is 0.529. The lowest BCUT2D eigenvalue weighted by Gasteiger charge is -2.17. The van der Waals surface area contributed by atoms with Crippen LogP contribution in [0.3, 0.4) is 0 Å². The summed E-state index contributed by atoms with van der Waals surface area (Å²) in [5.74, 6) is 1.58. The molecule has 0 aliphatic carbocycles. The summed E-state index contributed by atoms with van der Waals surface area (Å²) in [7, 11) is 1.92. The fourth-order valence-electron chi connectivity index (χ4n) is 1.48. The number of halogens is 1. The third-order valence-corrected chi connectivity index (χ3v) is 2.64. The lowest BCUT2D eigenvalue weighted by atomic mass is 10.2. The molecular formula is C11H12ClN3O. The molecular weight excluding hydrogens is 226 g/mol. The number of hydrogen-bond acceptors (Lipinski definition) is 4. The second-order valence-electron chi connectivity index (χ2n) is 3.53. The molecule has 0 N–H and O–H groups in total. The lowest BCUT2D eigenvalue weighted by Crippen LogP contribution is -2.18. The van der Waals surface area contributed by atoms with Crippen LogP contribution in [0.5, 0.6) is 0 Å². The predicted octanol–water partition coefficient (Wildman–Crippen LogP) is 2.67. The summed E-state index contributed by atoms with van der Waals surface area (Å²) in [5, 5.41) is 0.408. The molecule has 2 heterocycles. The highest BCUT2D eigenvalue weighted by atomic mass is 35.5. The zero-order chi connectivity index (χ0) is 11.5. The van der Waals surface area contributed by atoms with E-state index < -0.39 is 0 Å². The van der Waals surface area contributed by atoms with Gasteiger partial charge in [-0.2, -0.15) is 0 Å². The third-order valence-electron chi connectivity index (χ3n) is 2.37. The second kappa shape index (κ2) is 4.53. The van der Waals surface area contributed by atoms with Gasteiger partial charge in [-0.05, 0) is 13.0 Å². The van der Waals surface area contributed by atoms with Crippen molar-refractivity contribution in [3.63, 3.8) is 0 Å². The Balaban J connectivity index is 2.18. The van der Waals surface area contributed by atoms with E-state index in [0.717, 1.165) is 11.3 Å². The van der Waals surface area contributed by atoms with E-state index in [0.29, 0.717) is 17.5 Å². The van der Waals surface area contributed by atoms with Crippen LogP contribution in [0.2, 0.25) is 5.15 Å². The monoisotopic (exact) mass is 237 g/mol. The molecule has 0 spiro atoms. The smallest absolute Gasteiger partial charge is 0.171 e. The molecule has 16 heavy (non-hydrogen) atoms. The predicted molar refractivity (Wildman–Crippen MR) is 62.6 cm³/mol. The van der Waals surface area contributed by atoms with Crippen molar-refractivity contribution in [2.45, 2.75) is 13.5 Å². The van der Waals surface area contributed by atoms with Gasteiger partial charge >= 0.3 is 0 Å². The second-order valence-corrected chi connectivity index (χ2v) is 3.89. The zero-order valence-electron chi connectivity index (χ0n) is 9.14. The van der Waals surface area contributed by atoms with E-state index in [2.05, 4.69) is 9.97 Å². The number of furan rings is 1. The number of rotatable bonds is 3. The van der Waals surface area contributed by atoms with Crippen LogP contribution in [0.15, 0.2) is 29.1 Å². The Hall–Kier alpha value is -1.55. The fourth-order valence-corrected chi connectivity index (χ4v) is 1.72. The molecule has 84 valence electrons. The van der Waals surface area contributed by atoms with Crippen LogP contribution in [0, 0.1) is 6.92 Å². The van der Waals surface area contributed by atoms with Gasteiger partial charge in [0.2, 0.25) is 0 Å². The van der Waals surface area contributed by atoms with Gasteiger partial charge in [0, 0.05) is 31.5 Å². The number of hydrogen-bond donors (Lipinski definition) is 0. The van der Waals surface area contributed by atoms with E-state index in [9.17, 15) is 0 Å². The molecule has 0 saturated heterocycles. The molecule has 0 radical (unpaired) electrons. The van der Waals surface area contributed by atoms with Gasteiger partial charge in [-0.1, -0.05) is 11.6 Å². The maximum absolute atomic E-state index is 5.96. The van der Waals surface area contributed by atoms with Gasteiger partial charge in [0.1, 0.15) is 5.76 Å². The molecule has 5 heteroatoms. The zero-order valence-corrected chi connectivity index (χ0v) is 9.90. The minimum Gasteiger partial charge on any atom is -0.469 e. The highest BCUT2D eigenvalue weighted by molar-refractivity contribution is 6.31. The average Bonchev–Trinajstić information content (AvgIpc) is 2.65. The van der Waals surface area contributed by atoms with Crippen molar-refractivity contribution < 1.29 is 4.42 Å². The minimum atomic E-state index is 0.408. The first-order valence-corrected chi connectivity index (χ1v) is 5.27. The molecule has 0 aliphatic heterocycles. The van der Waals surface area contributed by atoms with Crippen LogP contribution in [0.25, 0.3) is 0 Å². The standard InChI is InChI=1S/C11H12ClN3O/c1-8-9(3-6-16-8)7-15(2)11-10(12)13-4-5-14-11/h3-6H,7H2,1-2H3. The van der Waals surface area contributed by atoms with E-state index in [1.54, 1.807) is 18.7 Å². The summed E-state index contributed by atoms with van der Waals surface area (Å²) < 4.78 is 5.24. The van der Waals surface area contributed by atoms with E-state index in [4.69, 9.17) is 16.0 Å². The number of aryl methyl sites for hydroxylation is 1. The normalized spacial score (nSPS) is 10.4. The SMILES string of the molecule is Cc1occc1CN(C)c1nccnc1Cl. The first-order valence-electron chi connectivity index (χ1n) is 4.89. The van der Waals surface area contributed by atoms with Crippen LogP contribution < -0.4 is 4.90 Å². The van der Waals surface area contributed by atoms with Crippen LogP contribution in [0.4, 0.5) is 5.82 Å². The van der Waals surface area contributed by atoms with Crippen molar-refractivity contribution >= 4 is 17.4 Å². The van der Waals surface area contributed by atoms with Crippen molar-refractivity contribution in [3.05, 3.63) is 41.2 Å². The Labute approximate surface area is 98.9 Å². The molecule has 0 atom stereocenters. The number of aromatic nitrogens is 2. The van der Waals surface area contributed by atoms with Gasteiger partial charge in [0.05, 0.1) is 6.26 Å². The molecule has 2 rings (SSSR count). The van der Waals surface area contributed by atoms with Crippen LogP contribution >= 0.6 is 11.6 Å². The van der Waals surface area contributed by atoms with Gasteiger partial charge in [0.15, 0.2) is 11.0 Å². The van der Waals surface area contributed by atoms with Crippen LogP contribution in [0.1, 0.15) is 11.3 Å². The Morgan fingerprint density at radius 3 is 2.75 bits per heavy atom. The molecule has 0 amide bonds. The van der Waals surface area contributed by atoms with Crippen molar-refractivity contribution in [1.82, 2.24) is 9.97 Å². The maximum Gasteiger partial charge on any atom is 0.171 e. The van der Waals surface area contributed by atoms with Gasteiger partial charge in [-0.15, -0.1) is 0 Å². The van der Waals surface area contributed by atoms with E-state index in [1.807, 2.05) is 24.9 Å². The average molecular weight is 238 g/mol. The third kappa shape index (κ3) is 2.17. The van der Waals surface area contributed by atoms with Crippen molar-refractivity contribution in [1.29, 1.82) is 0 Å². The highest BCUT2D eigenvalue weighted by Crippen LogP contribution is 2.21. The van der Waals surface area contributed by atoms with Gasteiger partial charge in [0.25, 0.3) is 0 Å². The largest absolute Gasteiger partial charge is 0.469 e. The molecule has 0 saturated carbocycles. The molecule has 2 aromatic rings. The minimum absolute atomic E-state index is 0.408. The van der Waals surface area contributed by atoms with E-state index >= 15 is 0 Å². The summed E-state index contributed by atoms with van der Waals surface area (Å²) in [6.45, 7) is 2.63. The summed E-state index contributed by atoms with van der Waals surface area (Å²) >= 11 is 5.96. The summed E-state index contributed by atoms with van der Waals surface area (Å²) in [5.41, 5.74) is 1.12. The Bertz CT molecular complexity index is 484. The molecule has 0 unspecified atom stereocenters. The van der Waals surface area contributed by atoms with Crippen molar-refractivity contribution in [3.8, 4) is 0 Å². The molecule has 4 nitrogen and oxygen atoms in total. The first-order chi connectivity index (χ1) is 7.68. The highest BCUT2D eigenvalue weighted by Gasteiger charge is 2.10. The Morgan fingerprint density at radius 2 is 2.12 bits per heavy atom. The number of nitrogens with zero attached hydrogens (tertiary/aromatic N) is 3. The summed E-state index contributed by atoms with van der Waals surface area (Å²) in [6, 6.07) is 1.94. The Kier molecular flexibility index (Phi) is 3.10. The molecule has 0 aliphatic rings. The Morgan fingerprint density at radius 1 is 1.38 bits per heavy atom. The van der Waals surface area contributed by atoms with Crippen LogP contribution in [-0.2, 0) is 6.54 Å². The van der Waals surface area contributed by atoms with E-state index in [1.165, 1.54) is 0 Å². The van der Waals surface area contributed by atoms with Crippen LogP contribution in [-0.4, -0.2) is 17.0 Å². The van der Waals surface area contributed by atoms with Gasteiger partial charge in [-0.3, -0.25) is 0 Å². The topological polar surface area (TPSA) is 42.2 Å². The van der Waals surface area contributed by atoms with Crippen molar-refractivity contribution in [2.75, 3.05) is 11.9 Å². The fraction of sp³-hybridized carbons (Fsp3) is 0.273. The van der Waals surface area contributed by atoms with Gasteiger partial charge < -0.3 is 9.32 Å². The quantitative estimate of drug-likeness (QED) is 0.823. The first kappa shape index (κ1) is 11.0.